The van der Waals surface area contributed by atoms with Gasteiger partial charge in [0, 0.05) is 18.4 Å². The maximum Gasteiger partial charge on any atom is 0.0478 e. The molecule has 1 rings (SSSR count). The van der Waals surface area contributed by atoms with Gasteiger partial charge in [-0.2, -0.15) is 0 Å². The highest BCUT2D eigenvalue weighted by molar-refractivity contribution is 5.03. The van der Waals surface area contributed by atoms with Gasteiger partial charge in [0.2, 0.25) is 0 Å². The van der Waals surface area contributed by atoms with E-state index in [2.05, 4.69) is 37.9 Å². The first-order valence-electron chi connectivity index (χ1n) is 3.74. The van der Waals surface area contributed by atoms with E-state index >= 15 is 0 Å². The van der Waals surface area contributed by atoms with Gasteiger partial charge in [-0.1, -0.05) is 13.8 Å². The Kier molecular flexibility index (Phi) is 2.17. The number of hydrogen-bond donors (Lipinski definition) is 2. The van der Waals surface area contributed by atoms with E-state index in [9.17, 15) is 0 Å². The number of rotatable bonds is 2. The summed E-state index contributed by atoms with van der Waals surface area (Å²) < 4.78 is 0. The van der Waals surface area contributed by atoms with Crippen LogP contribution in [0.4, 0.5) is 0 Å². The van der Waals surface area contributed by atoms with Crippen molar-refractivity contribution in [3.8, 4) is 0 Å². The fourth-order valence-corrected chi connectivity index (χ4v) is 0.833. The highest BCUT2D eigenvalue weighted by Gasteiger charge is 2.10. The molecule has 0 aromatic rings. The minimum atomic E-state index is 0.573. The smallest absolute Gasteiger partial charge is 0.0478 e. The predicted molar refractivity (Wildman–Crippen MR) is 41.6 cm³/mol. The van der Waals surface area contributed by atoms with Crippen molar-refractivity contribution in [2.45, 2.75) is 20.8 Å². The zero-order chi connectivity index (χ0) is 7.56. The molecule has 2 N–H and O–H groups in total. The largest absolute Gasteiger partial charge is 0.306 e. The van der Waals surface area contributed by atoms with Gasteiger partial charge in [-0.15, -0.1) is 5.53 Å². The standard InChI is InChI=1S/C7H15N3/c1-4-10-5-7(6(2)3)8-9-10/h5-6,8-9H,4H2,1-3H3. The van der Waals surface area contributed by atoms with Crippen LogP contribution in [-0.2, 0) is 0 Å². The summed E-state index contributed by atoms with van der Waals surface area (Å²) in [5.74, 6) is 0.573. The van der Waals surface area contributed by atoms with Crippen LogP contribution in [-0.4, -0.2) is 11.6 Å². The highest BCUT2D eigenvalue weighted by atomic mass is 15.7. The highest BCUT2D eigenvalue weighted by Crippen LogP contribution is 2.08. The van der Waals surface area contributed by atoms with Crippen molar-refractivity contribution in [2.24, 2.45) is 5.92 Å². The van der Waals surface area contributed by atoms with Gasteiger partial charge >= 0.3 is 0 Å². The number of hydrazine groups is 2. The molecule has 1 aliphatic heterocycles. The van der Waals surface area contributed by atoms with Crippen LogP contribution in [0.25, 0.3) is 0 Å². The second kappa shape index (κ2) is 2.92. The van der Waals surface area contributed by atoms with Gasteiger partial charge in [0.05, 0.1) is 0 Å². The van der Waals surface area contributed by atoms with Crippen molar-refractivity contribution in [2.75, 3.05) is 6.54 Å². The summed E-state index contributed by atoms with van der Waals surface area (Å²) in [6, 6.07) is 0. The van der Waals surface area contributed by atoms with Gasteiger partial charge in [-0.3, -0.25) is 5.01 Å². The second-order valence-corrected chi connectivity index (χ2v) is 2.76. The van der Waals surface area contributed by atoms with Crippen LogP contribution >= 0.6 is 0 Å². The summed E-state index contributed by atoms with van der Waals surface area (Å²) in [6.07, 6.45) is 2.10. The molecule has 58 valence electrons. The normalized spacial score (nSPS) is 17.6. The number of allylic oxidation sites excluding steroid dienone is 1. The van der Waals surface area contributed by atoms with E-state index in [-0.39, 0.29) is 0 Å². The Labute approximate surface area is 62.0 Å². The molecular weight excluding hydrogens is 126 g/mol. The third kappa shape index (κ3) is 1.42. The first-order valence-corrected chi connectivity index (χ1v) is 3.74. The van der Waals surface area contributed by atoms with E-state index in [0.29, 0.717) is 5.92 Å². The number of nitrogens with one attached hydrogen (secondary N) is 2. The zero-order valence-corrected chi connectivity index (χ0v) is 6.81. The maximum absolute atomic E-state index is 3.09. The molecule has 0 fully saturated rings. The predicted octanol–water partition coefficient (Wildman–Crippen LogP) is 0.828. The summed E-state index contributed by atoms with van der Waals surface area (Å²) in [5, 5.41) is 2.02. The van der Waals surface area contributed by atoms with Gasteiger partial charge < -0.3 is 5.43 Å². The van der Waals surface area contributed by atoms with Crippen LogP contribution in [0.15, 0.2) is 11.9 Å². The molecule has 10 heavy (non-hydrogen) atoms. The number of hydrogen-bond acceptors (Lipinski definition) is 3. The Hall–Kier alpha value is -0.700. The fourth-order valence-electron chi connectivity index (χ4n) is 0.833. The minimum absolute atomic E-state index is 0.573. The third-order valence-electron chi connectivity index (χ3n) is 1.60. The summed E-state index contributed by atoms with van der Waals surface area (Å²) >= 11 is 0. The molecule has 0 aliphatic carbocycles. The SMILES string of the molecule is CCN1C=C(C(C)C)NN1. The molecular formula is C7H15N3. The Balaban J connectivity index is 2.48. The van der Waals surface area contributed by atoms with Crippen LogP contribution in [0, 0.1) is 5.92 Å². The summed E-state index contributed by atoms with van der Waals surface area (Å²) in [6.45, 7) is 7.43. The molecule has 0 unspecified atom stereocenters. The van der Waals surface area contributed by atoms with Gasteiger partial charge in [0.15, 0.2) is 0 Å². The van der Waals surface area contributed by atoms with Crippen molar-refractivity contribution >= 4 is 0 Å². The third-order valence-corrected chi connectivity index (χ3v) is 1.60. The first kappa shape index (κ1) is 7.41. The molecule has 0 atom stereocenters. The molecule has 0 spiro atoms. The van der Waals surface area contributed by atoms with Crippen molar-refractivity contribution in [3.63, 3.8) is 0 Å². The summed E-state index contributed by atoms with van der Waals surface area (Å²) in [7, 11) is 0. The van der Waals surface area contributed by atoms with E-state index in [0.717, 1.165) is 6.54 Å². The van der Waals surface area contributed by atoms with Crippen LogP contribution in [0.5, 0.6) is 0 Å². The van der Waals surface area contributed by atoms with E-state index in [1.54, 1.807) is 0 Å². The van der Waals surface area contributed by atoms with Crippen molar-refractivity contribution in [1.29, 1.82) is 0 Å². The lowest BCUT2D eigenvalue weighted by Crippen LogP contribution is -2.36. The van der Waals surface area contributed by atoms with Crippen molar-refractivity contribution in [3.05, 3.63) is 11.9 Å². The molecule has 0 aromatic heterocycles. The Bertz CT molecular complexity index is 140. The minimum Gasteiger partial charge on any atom is -0.306 e. The molecule has 3 heteroatoms. The number of nitrogens with zero attached hydrogens (tertiary/aromatic N) is 1. The molecule has 0 radical (unpaired) electrons. The van der Waals surface area contributed by atoms with Crippen molar-refractivity contribution in [1.82, 2.24) is 16.0 Å². The lowest BCUT2D eigenvalue weighted by molar-refractivity contribution is 0.283. The van der Waals surface area contributed by atoms with Crippen LogP contribution in [0.1, 0.15) is 20.8 Å². The molecule has 0 aromatic carbocycles. The fraction of sp³-hybridized carbons (Fsp3) is 0.714. The van der Waals surface area contributed by atoms with Crippen LogP contribution in [0.2, 0.25) is 0 Å². The molecule has 0 saturated carbocycles. The summed E-state index contributed by atoms with van der Waals surface area (Å²) in [4.78, 5) is 0. The second-order valence-electron chi connectivity index (χ2n) is 2.76. The lowest BCUT2D eigenvalue weighted by Gasteiger charge is -2.10. The topological polar surface area (TPSA) is 27.3 Å². The quantitative estimate of drug-likeness (QED) is 0.596. The first-order chi connectivity index (χ1) is 4.74. The maximum atomic E-state index is 3.09. The molecule has 1 aliphatic rings. The van der Waals surface area contributed by atoms with Gasteiger partial charge in [-0.25, -0.2) is 0 Å². The van der Waals surface area contributed by atoms with E-state index in [4.69, 9.17) is 0 Å². The summed E-state index contributed by atoms with van der Waals surface area (Å²) in [5.41, 5.74) is 7.37. The van der Waals surface area contributed by atoms with Gasteiger partial charge in [0.25, 0.3) is 0 Å². The zero-order valence-electron chi connectivity index (χ0n) is 6.81. The van der Waals surface area contributed by atoms with Crippen LogP contribution < -0.4 is 11.0 Å². The monoisotopic (exact) mass is 141 g/mol. The van der Waals surface area contributed by atoms with E-state index < -0.39 is 0 Å². The van der Waals surface area contributed by atoms with E-state index in [1.165, 1.54) is 5.70 Å². The Morgan fingerprint density at radius 2 is 2.30 bits per heavy atom. The Morgan fingerprint density at radius 3 is 2.60 bits per heavy atom. The average molecular weight is 141 g/mol. The molecule has 1 heterocycles. The van der Waals surface area contributed by atoms with Crippen molar-refractivity contribution < 1.29 is 0 Å². The average Bonchev–Trinajstić information content (AvgIpc) is 2.34. The van der Waals surface area contributed by atoms with E-state index in [1.807, 2.05) is 5.01 Å². The van der Waals surface area contributed by atoms with Gasteiger partial charge in [0.1, 0.15) is 0 Å². The lowest BCUT2D eigenvalue weighted by atomic mass is 10.2. The van der Waals surface area contributed by atoms with Crippen LogP contribution in [0.3, 0.4) is 0 Å². The molecule has 3 nitrogen and oxygen atoms in total. The molecule has 0 bridgehead atoms. The van der Waals surface area contributed by atoms with Gasteiger partial charge in [-0.05, 0) is 12.8 Å². The molecule has 0 saturated heterocycles. The Morgan fingerprint density at radius 1 is 1.60 bits per heavy atom. The molecule has 0 amide bonds.